The molecule has 1 aliphatic rings. The van der Waals surface area contributed by atoms with Gasteiger partial charge in [-0.25, -0.2) is 4.98 Å². The Balaban J connectivity index is 2.08. The summed E-state index contributed by atoms with van der Waals surface area (Å²) in [7, 11) is -4.96. The van der Waals surface area contributed by atoms with Gasteiger partial charge in [-0.15, -0.1) is 0 Å². The third kappa shape index (κ3) is 4.17. The van der Waals surface area contributed by atoms with Gasteiger partial charge < -0.3 is 35.6 Å². The van der Waals surface area contributed by atoms with Crippen molar-refractivity contribution >= 4 is 25.1 Å². The highest BCUT2D eigenvalue weighted by molar-refractivity contribution is 7.51. The number of nitrogens with one attached hydrogen (secondary N) is 1. The maximum absolute atomic E-state index is 14.1. The fourth-order valence-corrected chi connectivity index (χ4v) is 5.21. The van der Waals surface area contributed by atoms with E-state index in [4.69, 9.17) is 10.5 Å². The summed E-state index contributed by atoms with van der Waals surface area (Å²) < 4.78 is 18.1. The van der Waals surface area contributed by atoms with Crippen LogP contribution in [0, 0.1) is 0 Å². The predicted molar refractivity (Wildman–Crippen MR) is 123 cm³/mol. The third-order valence-corrected chi connectivity index (χ3v) is 6.97. The van der Waals surface area contributed by atoms with E-state index in [2.05, 4.69) is 4.98 Å². The summed E-state index contributed by atoms with van der Waals surface area (Å²) in [6, 6.07) is 14.1. The molecule has 1 saturated heterocycles. The van der Waals surface area contributed by atoms with Gasteiger partial charge in [-0.05, 0) is 0 Å². The SMILES string of the molecule is NC(=O)c1[nH]c[n+]([C@]2(C(=O)c3ccccc3)O[C@H](CP(=O)(O)O)[C@@H](O)[C@]2(O)C(=O)c2ccccc2)c1O. The van der Waals surface area contributed by atoms with Crippen molar-refractivity contribution in [1.29, 1.82) is 0 Å². The number of ketones is 2. The standard InChI is InChI=1S/C23H22N3O10P/c24-20(30)16-21(31)26(12-25-16)23(18(28)14-9-5-2-6-10-14)22(32,17(27)13-7-3-1-4-8-13)19(29)15(36-23)11-37(33,34)35/h1-10,12,15,19,29,32H,11H2,(H5,24,30,31,33,34,35)/p+1/t15-,19-,22-,23-/m1/s1. The fraction of sp³-hybridized carbons (Fsp3) is 0.217. The number of hydrogen-bond donors (Lipinski definition) is 7. The number of Topliss-reactive ketones (excluding diaryl/α,β-unsaturated/α-hetero) is 2. The van der Waals surface area contributed by atoms with Gasteiger partial charge in [0, 0.05) is 11.1 Å². The van der Waals surface area contributed by atoms with Gasteiger partial charge in [0.2, 0.25) is 23.5 Å². The van der Waals surface area contributed by atoms with E-state index in [-0.39, 0.29) is 11.1 Å². The second-order valence-electron chi connectivity index (χ2n) is 8.46. The molecular formula is C23H23N3O10P+. The second-order valence-corrected chi connectivity index (χ2v) is 10.1. The topological polar surface area (TPSA) is 224 Å². The van der Waals surface area contributed by atoms with Gasteiger partial charge in [0.1, 0.15) is 12.2 Å². The molecule has 1 amide bonds. The summed E-state index contributed by atoms with van der Waals surface area (Å²) in [4.78, 5) is 61.3. The van der Waals surface area contributed by atoms with Crippen LogP contribution >= 0.6 is 7.60 Å². The first-order chi connectivity index (χ1) is 17.3. The smallest absolute Gasteiger partial charge is 0.338 e. The number of nitrogens with two attached hydrogens (primary N) is 1. The van der Waals surface area contributed by atoms with Crippen molar-refractivity contribution < 1.29 is 53.4 Å². The van der Waals surface area contributed by atoms with Crippen LogP contribution in [0.5, 0.6) is 5.88 Å². The Morgan fingerprint density at radius 1 is 1.00 bits per heavy atom. The number of nitrogens with zero attached hydrogens (tertiary/aromatic N) is 1. The van der Waals surface area contributed by atoms with Crippen molar-refractivity contribution in [2.45, 2.75) is 23.5 Å². The first-order valence-corrected chi connectivity index (χ1v) is 12.6. The van der Waals surface area contributed by atoms with Gasteiger partial charge in [0.25, 0.3) is 11.6 Å². The van der Waals surface area contributed by atoms with Crippen molar-refractivity contribution in [1.82, 2.24) is 4.98 Å². The van der Waals surface area contributed by atoms with Gasteiger partial charge in [0.05, 0.1) is 6.16 Å². The van der Waals surface area contributed by atoms with Crippen LogP contribution in [0.1, 0.15) is 31.2 Å². The van der Waals surface area contributed by atoms with E-state index in [0.29, 0.717) is 4.57 Å². The minimum Gasteiger partial charge on any atom is -0.474 e. The Labute approximate surface area is 208 Å². The number of aliphatic hydroxyl groups excluding tert-OH is 1. The number of amides is 1. The van der Waals surface area contributed by atoms with Gasteiger partial charge >= 0.3 is 19.2 Å². The zero-order valence-corrected chi connectivity index (χ0v) is 19.9. The van der Waals surface area contributed by atoms with Crippen LogP contribution in [0.25, 0.3) is 0 Å². The number of aromatic nitrogens is 2. The number of hydrogen-bond acceptors (Lipinski definition) is 8. The molecule has 4 rings (SSSR count). The number of ether oxygens (including phenoxy) is 1. The van der Waals surface area contributed by atoms with Crippen molar-refractivity contribution in [3.8, 4) is 5.88 Å². The van der Waals surface area contributed by atoms with Crippen LogP contribution in [0.15, 0.2) is 67.0 Å². The van der Waals surface area contributed by atoms with Crippen molar-refractivity contribution in [2.24, 2.45) is 5.73 Å². The average molecular weight is 532 g/mol. The fourth-order valence-electron chi connectivity index (χ4n) is 4.47. The summed E-state index contributed by atoms with van der Waals surface area (Å²) in [6.45, 7) is 0. The number of carbonyl (C=O) groups excluding carboxylic acids is 3. The molecule has 0 saturated carbocycles. The highest BCUT2D eigenvalue weighted by atomic mass is 31.2. The molecule has 0 spiro atoms. The number of aliphatic hydroxyl groups is 2. The summed E-state index contributed by atoms with van der Waals surface area (Å²) in [5.74, 6) is -4.66. The number of rotatable bonds is 8. The van der Waals surface area contributed by atoms with Crippen LogP contribution in [0.3, 0.4) is 0 Å². The zero-order valence-electron chi connectivity index (χ0n) is 19.0. The normalized spacial score (nSPS) is 25.6. The molecule has 37 heavy (non-hydrogen) atoms. The molecule has 4 atom stereocenters. The number of imidazole rings is 1. The zero-order chi connectivity index (χ0) is 27.2. The average Bonchev–Trinajstić information content (AvgIpc) is 3.35. The van der Waals surface area contributed by atoms with E-state index in [0.717, 1.165) is 6.33 Å². The molecule has 13 nitrogen and oxygen atoms in total. The van der Waals surface area contributed by atoms with Crippen LogP contribution in [0.4, 0.5) is 0 Å². The number of primary amides is 1. The first kappa shape index (κ1) is 26.4. The highest BCUT2D eigenvalue weighted by Crippen LogP contribution is 2.49. The number of H-pyrrole nitrogens is 1. The molecule has 8 N–H and O–H groups in total. The summed E-state index contributed by atoms with van der Waals surface area (Å²) in [6.07, 6.45) is -4.76. The Hall–Kier alpha value is -3.71. The summed E-state index contributed by atoms with van der Waals surface area (Å²) in [5.41, 5.74) is -2.07. The Morgan fingerprint density at radius 3 is 1.97 bits per heavy atom. The van der Waals surface area contributed by atoms with E-state index < -0.39 is 66.3 Å². The maximum atomic E-state index is 14.1. The van der Waals surface area contributed by atoms with Crippen LogP contribution in [-0.4, -0.2) is 71.5 Å². The van der Waals surface area contributed by atoms with Crippen LogP contribution in [0.2, 0.25) is 0 Å². The molecule has 14 heteroatoms. The van der Waals surface area contributed by atoms with E-state index in [1.807, 2.05) is 0 Å². The molecule has 2 heterocycles. The summed E-state index contributed by atoms with van der Waals surface area (Å²) in [5, 5.41) is 34.1. The summed E-state index contributed by atoms with van der Waals surface area (Å²) >= 11 is 0. The molecule has 194 valence electrons. The lowest BCUT2D eigenvalue weighted by molar-refractivity contribution is -0.800. The number of carbonyl (C=O) groups is 3. The monoisotopic (exact) mass is 532 g/mol. The molecule has 0 aliphatic carbocycles. The third-order valence-electron chi connectivity index (χ3n) is 6.14. The lowest BCUT2D eigenvalue weighted by Crippen LogP contribution is -2.75. The van der Waals surface area contributed by atoms with Crippen LogP contribution in [-0.2, 0) is 15.0 Å². The van der Waals surface area contributed by atoms with E-state index in [1.165, 1.54) is 48.5 Å². The first-order valence-electron chi connectivity index (χ1n) is 10.8. The molecule has 1 aliphatic heterocycles. The number of aromatic amines is 1. The lowest BCUT2D eigenvalue weighted by atomic mass is 9.76. The quantitative estimate of drug-likeness (QED) is 0.109. The Kier molecular flexibility index (Phi) is 6.63. The van der Waals surface area contributed by atoms with Gasteiger partial charge in [-0.3, -0.25) is 18.9 Å². The molecule has 2 aromatic carbocycles. The van der Waals surface area contributed by atoms with Crippen LogP contribution < -0.4 is 10.3 Å². The molecular weight excluding hydrogens is 509 g/mol. The Bertz CT molecular complexity index is 1410. The van der Waals surface area contributed by atoms with Gasteiger partial charge in [0.15, 0.2) is 0 Å². The minimum absolute atomic E-state index is 0.167. The number of aromatic hydroxyl groups is 1. The molecule has 0 radical (unpaired) electrons. The van der Waals surface area contributed by atoms with Crippen molar-refractivity contribution in [2.75, 3.05) is 6.16 Å². The highest BCUT2D eigenvalue weighted by Gasteiger charge is 2.78. The molecule has 0 unspecified atom stereocenters. The molecule has 1 aromatic heterocycles. The molecule has 3 aromatic rings. The van der Waals surface area contributed by atoms with Crippen molar-refractivity contribution in [3.63, 3.8) is 0 Å². The lowest BCUT2D eigenvalue weighted by Gasteiger charge is -2.36. The second kappa shape index (κ2) is 9.30. The number of benzene rings is 2. The Morgan fingerprint density at radius 2 is 1.51 bits per heavy atom. The molecule has 1 fully saturated rings. The van der Waals surface area contributed by atoms with E-state index in [9.17, 15) is 44.1 Å². The van der Waals surface area contributed by atoms with Crippen molar-refractivity contribution in [3.05, 3.63) is 83.8 Å². The minimum atomic E-state index is -4.96. The van der Waals surface area contributed by atoms with Gasteiger partial charge in [-0.2, -0.15) is 4.57 Å². The molecule has 0 bridgehead atoms. The van der Waals surface area contributed by atoms with E-state index in [1.54, 1.807) is 12.1 Å². The predicted octanol–water partition coefficient (Wildman–Crippen LogP) is -0.806. The van der Waals surface area contributed by atoms with Gasteiger partial charge in [-0.1, -0.05) is 60.7 Å². The maximum Gasteiger partial charge on any atom is 0.338 e. The van der Waals surface area contributed by atoms with E-state index >= 15 is 0 Å². The largest absolute Gasteiger partial charge is 0.474 e.